The Bertz CT molecular complexity index is 447. The molecule has 17 heavy (non-hydrogen) atoms. The van der Waals surface area contributed by atoms with Gasteiger partial charge in [-0.25, -0.2) is 4.79 Å². The molecular weight excluding hydrogens is 222 g/mol. The Morgan fingerprint density at radius 2 is 2.00 bits per heavy atom. The molecule has 0 amide bonds. The third-order valence-corrected chi connectivity index (χ3v) is 3.78. The van der Waals surface area contributed by atoms with Crippen LogP contribution in [-0.4, -0.2) is 22.2 Å². The van der Waals surface area contributed by atoms with Gasteiger partial charge in [-0.1, -0.05) is 6.92 Å². The summed E-state index contributed by atoms with van der Waals surface area (Å²) >= 11 is 0. The molecule has 0 heterocycles. The number of carboxylic acids is 2. The first-order chi connectivity index (χ1) is 7.89. The standard InChI is InChI=1S/C12H15NO4/c1-6-9(10(14)15)4-8(13)5-12(6,11(16)17)7-2-3-7/h4-7H,2-3,13H2,1H3,(H,14,15)(H,16,17). The summed E-state index contributed by atoms with van der Waals surface area (Å²) in [7, 11) is 0. The van der Waals surface area contributed by atoms with Gasteiger partial charge in [-0.2, -0.15) is 0 Å². The van der Waals surface area contributed by atoms with Gasteiger partial charge < -0.3 is 15.9 Å². The molecule has 5 heteroatoms. The highest BCUT2D eigenvalue weighted by molar-refractivity contribution is 5.91. The largest absolute Gasteiger partial charge is 0.481 e. The lowest BCUT2D eigenvalue weighted by Crippen LogP contribution is -2.42. The van der Waals surface area contributed by atoms with Crippen molar-refractivity contribution in [3.8, 4) is 0 Å². The van der Waals surface area contributed by atoms with Gasteiger partial charge in [-0.15, -0.1) is 0 Å². The number of hydrogen-bond donors (Lipinski definition) is 3. The van der Waals surface area contributed by atoms with Crippen molar-refractivity contribution >= 4 is 11.9 Å². The van der Waals surface area contributed by atoms with E-state index >= 15 is 0 Å². The second kappa shape index (κ2) is 3.61. The summed E-state index contributed by atoms with van der Waals surface area (Å²) in [6.07, 6.45) is 4.50. The van der Waals surface area contributed by atoms with Crippen LogP contribution in [0, 0.1) is 17.3 Å². The van der Waals surface area contributed by atoms with Crippen molar-refractivity contribution in [3.05, 3.63) is 23.4 Å². The van der Waals surface area contributed by atoms with E-state index in [1.165, 1.54) is 12.2 Å². The number of nitrogens with two attached hydrogens (primary N) is 1. The summed E-state index contributed by atoms with van der Waals surface area (Å²) < 4.78 is 0. The predicted molar refractivity (Wildman–Crippen MR) is 59.9 cm³/mol. The Balaban J connectivity index is 2.52. The molecule has 0 bridgehead atoms. The number of rotatable bonds is 3. The van der Waals surface area contributed by atoms with Gasteiger partial charge in [0.1, 0.15) is 0 Å². The lowest BCUT2D eigenvalue weighted by Gasteiger charge is -2.36. The van der Waals surface area contributed by atoms with Crippen LogP contribution in [0.25, 0.3) is 0 Å². The molecule has 0 aliphatic heterocycles. The first-order valence-corrected chi connectivity index (χ1v) is 5.56. The smallest absolute Gasteiger partial charge is 0.331 e. The van der Waals surface area contributed by atoms with Gasteiger partial charge >= 0.3 is 11.9 Å². The molecule has 92 valence electrons. The molecule has 2 unspecified atom stereocenters. The zero-order valence-corrected chi connectivity index (χ0v) is 9.51. The number of carbonyl (C=O) groups is 2. The quantitative estimate of drug-likeness (QED) is 0.679. The maximum absolute atomic E-state index is 11.6. The molecule has 2 aliphatic carbocycles. The highest BCUT2D eigenvalue weighted by Crippen LogP contribution is 2.54. The fourth-order valence-electron chi connectivity index (χ4n) is 2.71. The van der Waals surface area contributed by atoms with Crippen molar-refractivity contribution in [3.63, 3.8) is 0 Å². The van der Waals surface area contributed by atoms with Crippen LogP contribution < -0.4 is 5.73 Å². The minimum absolute atomic E-state index is 0.00315. The summed E-state index contributed by atoms with van der Waals surface area (Å²) in [5.74, 6) is -2.64. The highest BCUT2D eigenvalue weighted by Gasteiger charge is 2.56. The van der Waals surface area contributed by atoms with Gasteiger partial charge in [0.25, 0.3) is 0 Å². The van der Waals surface area contributed by atoms with E-state index < -0.39 is 23.3 Å². The van der Waals surface area contributed by atoms with E-state index in [0.717, 1.165) is 12.8 Å². The van der Waals surface area contributed by atoms with E-state index in [1.807, 2.05) is 0 Å². The van der Waals surface area contributed by atoms with E-state index in [2.05, 4.69) is 0 Å². The van der Waals surface area contributed by atoms with Crippen LogP contribution in [-0.2, 0) is 9.59 Å². The number of allylic oxidation sites excluding steroid dienone is 1. The molecule has 1 saturated carbocycles. The van der Waals surface area contributed by atoms with Crippen molar-refractivity contribution in [1.82, 2.24) is 0 Å². The van der Waals surface area contributed by atoms with Crippen LogP contribution in [0.2, 0.25) is 0 Å². The van der Waals surface area contributed by atoms with Crippen LogP contribution >= 0.6 is 0 Å². The van der Waals surface area contributed by atoms with Crippen molar-refractivity contribution in [2.75, 3.05) is 0 Å². The maximum Gasteiger partial charge on any atom is 0.331 e. The topological polar surface area (TPSA) is 101 Å². The third kappa shape index (κ3) is 1.62. The van der Waals surface area contributed by atoms with E-state index in [0.29, 0.717) is 0 Å². The summed E-state index contributed by atoms with van der Waals surface area (Å²) in [6.45, 7) is 1.65. The number of carboxylic acid groups (broad SMARTS) is 2. The van der Waals surface area contributed by atoms with Crippen molar-refractivity contribution in [1.29, 1.82) is 0 Å². The Morgan fingerprint density at radius 3 is 2.41 bits per heavy atom. The second-order valence-corrected chi connectivity index (χ2v) is 4.78. The Morgan fingerprint density at radius 1 is 1.41 bits per heavy atom. The van der Waals surface area contributed by atoms with Gasteiger partial charge in [0.15, 0.2) is 0 Å². The van der Waals surface area contributed by atoms with Crippen molar-refractivity contribution < 1.29 is 19.8 Å². The Labute approximate surface area is 98.6 Å². The molecule has 5 nitrogen and oxygen atoms in total. The first-order valence-electron chi connectivity index (χ1n) is 5.56. The van der Waals surface area contributed by atoms with Crippen LogP contribution in [0.5, 0.6) is 0 Å². The molecule has 0 saturated heterocycles. The van der Waals surface area contributed by atoms with Gasteiger partial charge in [0.2, 0.25) is 0 Å². The molecule has 0 aromatic rings. The molecular formula is C12H15NO4. The number of hydrogen-bond acceptors (Lipinski definition) is 3. The summed E-state index contributed by atoms with van der Waals surface area (Å²) in [5, 5.41) is 18.6. The van der Waals surface area contributed by atoms with Crippen molar-refractivity contribution in [2.24, 2.45) is 23.0 Å². The summed E-state index contributed by atoms with van der Waals surface area (Å²) in [6, 6.07) is 0. The molecule has 4 N–H and O–H groups in total. The maximum atomic E-state index is 11.6. The zero-order chi connectivity index (χ0) is 12.8. The van der Waals surface area contributed by atoms with Crippen LogP contribution in [0.15, 0.2) is 23.4 Å². The summed E-state index contributed by atoms with van der Waals surface area (Å²) in [5.41, 5.74) is 4.83. The molecule has 2 atom stereocenters. The average Bonchev–Trinajstić information content (AvgIpc) is 3.03. The molecule has 0 radical (unpaired) electrons. The van der Waals surface area contributed by atoms with Crippen LogP contribution in [0.1, 0.15) is 19.8 Å². The lowest BCUT2D eigenvalue weighted by molar-refractivity contribution is -0.150. The van der Waals surface area contributed by atoms with E-state index in [4.69, 9.17) is 10.8 Å². The van der Waals surface area contributed by atoms with E-state index in [1.54, 1.807) is 6.92 Å². The second-order valence-electron chi connectivity index (χ2n) is 4.78. The molecule has 0 aromatic heterocycles. The highest BCUT2D eigenvalue weighted by atomic mass is 16.4. The third-order valence-electron chi connectivity index (χ3n) is 3.78. The number of aliphatic carboxylic acids is 2. The minimum Gasteiger partial charge on any atom is -0.481 e. The molecule has 2 rings (SSSR count). The SMILES string of the molecule is CC1C(C(=O)O)=CC(N)=CC1(C(=O)O)C1CC1. The molecule has 1 fully saturated rings. The Hall–Kier alpha value is -1.78. The van der Waals surface area contributed by atoms with E-state index in [9.17, 15) is 14.7 Å². The van der Waals surface area contributed by atoms with Gasteiger partial charge in [-0.05, 0) is 30.9 Å². The lowest BCUT2D eigenvalue weighted by atomic mass is 9.66. The van der Waals surface area contributed by atoms with Crippen molar-refractivity contribution in [2.45, 2.75) is 19.8 Å². The zero-order valence-electron chi connectivity index (χ0n) is 9.51. The first kappa shape index (κ1) is 11.7. The van der Waals surface area contributed by atoms with Crippen LogP contribution in [0.4, 0.5) is 0 Å². The van der Waals surface area contributed by atoms with Gasteiger partial charge in [-0.3, -0.25) is 4.79 Å². The van der Waals surface area contributed by atoms with Gasteiger partial charge in [0, 0.05) is 17.2 Å². The average molecular weight is 237 g/mol. The Kier molecular flexibility index (Phi) is 2.49. The normalized spacial score (nSPS) is 32.6. The van der Waals surface area contributed by atoms with Crippen LogP contribution in [0.3, 0.4) is 0 Å². The van der Waals surface area contributed by atoms with Gasteiger partial charge in [0.05, 0.1) is 5.41 Å². The van der Waals surface area contributed by atoms with E-state index in [-0.39, 0.29) is 17.2 Å². The fourth-order valence-corrected chi connectivity index (χ4v) is 2.71. The minimum atomic E-state index is -1.15. The summed E-state index contributed by atoms with van der Waals surface area (Å²) in [4.78, 5) is 22.7. The molecule has 0 aromatic carbocycles. The monoisotopic (exact) mass is 237 g/mol. The predicted octanol–water partition coefficient (Wildman–Crippen LogP) is 0.971. The fraction of sp³-hybridized carbons (Fsp3) is 0.500. The molecule has 0 spiro atoms. The molecule has 2 aliphatic rings.